The molecular formula is C19H22N2O4. The normalized spacial score (nSPS) is 27.6. The smallest absolute Gasteiger partial charge is 0.314 e. The summed E-state index contributed by atoms with van der Waals surface area (Å²) in [6.45, 7) is 2.84. The van der Waals surface area contributed by atoms with Gasteiger partial charge in [0, 0.05) is 31.7 Å². The van der Waals surface area contributed by atoms with Gasteiger partial charge in [0.15, 0.2) is 0 Å². The number of hydrogen-bond acceptors (Lipinski definition) is 3. The van der Waals surface area contributed by atoms with Crippen LogP contribution < -0.4 is 0 Å². The quantitative estimate of drug-likeness (QED) is 0.895. The molecule has 2 aliphatic heterocycles. The molecule has 1 N–H and O–H groups in total. The number of benzene rings is 1. The second-order valence-corrected chi connectivity index (χ2v) is 7.39. The van der Waals surface area contributed by atoms with E-state index >= 15 is 0 Å². The van der Waals surface area contributed by atoms with Crippen LogP contribution >= 0.6 is 0 Å². The van der Waals surface area contributed by atoms with Crippen molar-refractivity contribution in [1.29, 1.82) is 0 Å². The summed E-state index contributed by atoms with van der Waals surface area (Å²) >= 11 is 0. The third kappa shape index (κ3) is 2.27. The minimum absolute atomic E-state index is 0.102. The lowest BCUT2D eigenvalue weighted by molar-refractivity contribution is -0.149. The molecule has 25 heavy (non-hydrogen) atoms. The number of hydrogen-bond donors (Lipinski definition) is 1. The number of rotatable bonds is 3. The van der Waals surface area contributed by atoms with E-state index in [1.165, 1.54) is 11.1 Å². The maximum Gasteiger partial charge on any atom is 0.314 e. The third-order valence-corrected chi connectivity index (χ3v) is 6.07. The summed E-state index contributed by atoms with van der Waals surface area (Å²) < 4.78 is 0. The fourth-order valence-electron chi connectivity index (χ4n) is 4.62. The van der Waals surface area contributed by atoms with Gasteiger partial charge in [-0.3, -0.25) is 14.4 Å². The summed E-state index contributed by atoms with van der Waals surface area (Å²) in [6, 6.07) is 5.77. The van der Waals surface area contributed by atoms with E-state index in [4.69, 9.17) is 0 Å². The van der Waals surface area contributed by atoms with Gasteiger partial charge in [-0.2, -0.15) is 0 Å². The first-order valence-corrected chi connectivity index (χ1v) is 8.89. The van der Waals surface area contributed by atoms with Gasteiger partial charge in [0.25, 0.3) is 5.91 Å². The van der Waals surface area contributed by atoms with Crippen molar-refractivity contribution < 1.29 is 19.5 Å². The molecular weight excluding hydrogens is 320 g/mol. The standard InChI is InChI=1S/C19H22N2O4/c1-2-20-10-19(18(24)25)11-21(9-15(19)17(20)23)16(22)14-7-6-12-4-3-5-13(12)8-14/h6-8,15H,2-5,9-11H2,1H3,(H,24,25)/t15-,19+/m1/s1. The van der Waals surface area contributed by atoms with E-state index in [1.807, 2.05) is 25.1 Å². The van der Waals surface area contributed by atoms with Crippen molar-refractivity contribution in [1.82, 2.24) is 9.80 Å². The molecule has 1 aromatic carbocycles. The van der Waals surface area contributed by atoms with Crippen LogP contribution in [0, 0.1) is 11.3 Å². The molecule has 0 saturated carbocycles. The molecule has 2 amide bonds. The number of aliphatic carboxylic acids is 1. The summed E-state index contributed by atoms with van der Waals surface area (Å²) in [7, 11) is 0. The number of likely N-dealkylation sites (tertiary alicyclic amines) is 2. The zero-order valence-corrected chi connectivity index (χ0v) is 14.3. The van der Waals surface area contributed by atoms with Crippen molar-refractivity contribution in [2.75, 3.05) is 26.2 Å². The Morgan fingerprint density at radius 1 is 1.24 bits per heavy atom. The molecule has 0 bridgehead atoms. The van der Waals surface area contributed by atoms with Crippen LogP contribution in [0.4, 0.5) is 0 Å². The minimum Gasteiger partial charge on any atom is -0.481 e. The van der Waals surface area contributed by atoms with Gasteiger partial charge in [0.1, 0.15) is 5.41 Å². The Morgan fingerprint density at radius 3 is 2.68 bits per heavy atom. The molecule has 6 nitrogen and oxygen atoms in total. The van der Waals surface area contributed by atoms with E-state index in [0.717, 1.165) is 19.3 Å². The third-order valence-electron chi connectivity index (χ3n) is 6.07. The van der Waals surface area contributed by atoms with Gasteiger partial charge in [0.05, 0.1) is 5.92 Å². The molecule has 0 radical (unpaired) electrons. The maximum absolute atomic E-state index is 12.9. The molecule has 0 spiro atoms. The zero-order valence-electron chi connectivity index (χ0n) is 14.3. The first kappa shape index (κ1) is 16.1. The van der Waals surface area contributed by atoms with E-state index in [2.05, 4.69) is 0 Å². The highest BCUT2D eigenvalue weighted by Gasteiger charge is 2.62. The Kier molecular flexibility index (Phi) is 3.60. The van der Waals surface area contributed by atoms with Crippen molar-refractivity contribution in [3.8, 4) is 0 Å². The fraction of sp³-hybridized carbons (Fsp3) is 0.526. The molecule has 2 atom stereocenters. The lowest BCUT2D eigenvalue weighted by Gasteiger charge is -2.24. The number of carboxylic acids is 1. The van der Waals surface area contributed by atoms with Crippen LogP contribution in [0.5, 0.6) is 0 Å². The van der Waals surface area contributed by atoms with Gasteiger partial charge in [-0.05, 0) is 49.4 Å². The second kappa shape index (κ2) is 5.58. The highest BCUT2D eigenvalue weighted by Crippen LogP contribution is 2.44. The van der Waals surface area contributed by atoms with Crippen LogP contribution in [0.3, 0.4) is 0 Å². The fourth-order valence-corrected chi connectivity index (χ4v) is 4.62. The van der Waals surface area contributed by atoms with E-state index in [1.54, 1.807) is 9.80 Å². The van der Waals surface area contributed by atoms with Crippen molar-refractivity contribution in [3.63, 3.8) is 0 Å². The molecule has 2 fully saturated rings. The Hall–Kier alpha value is -2.37. The lowest BCUT2D eigenvalue weighted by Crippen LogP contribution is -2.42. The average Bonchev–Trinajstić information content (AvgIpc) is 3.27. The van der Waals surface area contributed by atoms with Gasteiger partial charge < -0.3 is 14.9 Å². The molecule has 3 aliphatic rings. The second-order valence-electron chi connectivity index (χ2n) is 7.39. The number of fused-ring (bicyclic) bond motifs is 2. The SMILES string of the molecule is CCN1C[C@]2(C(=O)O)CN(C(=O)c3ccc4c(c3)CCC4)C[C@@H]2C1=O. The Morgan fingerprint density at radius 2 is 2.00 bits per heavy atom. The summed E-state index contributed by atoms with van der Waals surface area (Å²) in [6.07, 6.45) is 3.16. The summed E-state index contributed by atoms with van der Waals surface area (Å²) in [5.41, 5.74) is 1.94. The minimum atomic E-state index is -1.17. The first-order valence-electron chi connectivity index (χ1n) is 8.89. The Bertz CT molecular complexity index is 775. The van der Waals surface area contributed by atoms with E-state index in [-0.39, 0.29) is 31.4 Å². The lowest BCUT2D eigenvalue weighted by atomic mass is 9.81. The summed E-state index contributed by atoms with van der Waals surface area (Å²) in [5, 5.41) is 9.79. The number of amides is 2. The monoisotopic (exact) mass is 342 g/mol. The number of carbonyl (C=O) groups excluding carboxylic acids is 2. The van der Waals surface area contributed by atoms with Gasteiger partial charge >= 0.3 is 5.97 Å². The van der Waals surface area contributed by atoms with Gasteiger partial charge in [-0.25, -0.2) is 0 Å². The number of aryl methyl sites for hydroxylation is 2. The molecule has 2 heterocycles. The maximum atomic E-state index is 12.9. The van der Waals surface area contributed by atoms with Crippen LogP contribution in [-0.4, -0.2) is 58.9 Å². The number of nitrogens with zero attached hydrogens (tertiary/aromatic N) is 2. The molecule has 4 rings (SSSR count). The molecule has 2 saturated heterocycles. The predicted octanol–water partition coefficient (Wildman–Crippen LogP) is 1.18. The van der Waals surface area contributed by atoms with Crippen LogP contribution in [0.15, 0.2) is 18.2 Å². The molecule has 0 aromatic heterocycles. The topological polar surface area (TPSA) is 77.9 Å². The number of carbonyl (C=O) groups is 3. The van der Waals surface area contributed by atoms with Crippen LogP contribution in [0.2, 0.25) is 0 Å². The molecule has 6 heteroatoms. The van der Waals surface area contributed by atoms with Crippen molar-refractivity contribution in [2.24, 2.45) is 11.3 Å². The highest BCUT2D eigenvalue weighted by molar-refractivity contribution is 5.98. The van der Waals surface area contributed by atoms with Gasteiger partial charge in [-0.15, -0.1) is 0 Å². The van der Waals surface area contributed by atoms with E-state index < -0.39 is 17.3 Å². The Labute approximate surface area is 146 Å². The largest absolute Gasteiger partial charge is 0.481 e. The number of carboxylic acid groups (broad SMARTS) is 1. The zero-order chi connectivity index (χ0) is 17.8. The average molecular weight is 342 g/mol. The van der Waals surface area contributed by atoms with Crippen LogP contribution in [0.1, 0.15) is 34.8 Å². The van der Waals surface area contributed by atoms with Crippen molar-refractivity contribution in [3.05, 3.63) is 34.9 Å². The van der Waals surface area contributed by atoms with Crippen molar-refractivity contribution >= 4 is 17.8 Å². The van der Waals surface area contributed by atoms with Crippen LogP contribution in [-0.2, 0) is 22.4 Å². The van der Waals surface area contributed by atoms with Crippen molar-refractivity contribution in [2.45, 2.75) is 26.2 Å². The summed E-state index contributed by atoms with van der Waals surface area (Å²) in [5.74, 6) is -1.93. The Balaban J connectivity index is 1.60. The van der Waals surface area contributed by atoms with E-state index in [9.17, 15) is 19.5 Å². The molecule has 132 valence electrons. The van der Waals surface area contributed by atoms with Gasteiger partial charge in [0.2, 0.25) is 5.91 Å². The summed E-state index contributed by atoms with van der Waals surface area (Å²) in [4.78, 5) is 40.5. The van der Waals surface area contributed by atoms with E-state index in [0.29, 0.717) is 12.1 Å². The highest BCUT2D eigenvalue weighted by atomic mass is 16.4. The predicted molar refractivity (Wildman–Crippen MR) is 90.2 cm³/mol. The molecule has 1 aliphatic carbocycles. The van der Waals surface area contributed by atoms with Gasteiger partial charge in [-0.1, -0.05) is 6.07 Å². The van der Waals surface area contributed by atoms with Crippen LogP contribution in [0.25, 0.3) is 0 Å². The molecule has 1 aromatic rings. The molecule has 0 unspecified atom stereocenters. The first-order chi connectivity index (χ1) is 12.0.